The van der Waals surface area contributed by atoms with Crippen molar-refractivity contribution in [3.05, 3.63) is 75.7 Å². The van der Waals surface area contributed by atoms with E-state index in [-0.39, 0.29) is 5.56 Å². The van der Waals surface area contributed by atoms with E-state index in [2.05, 4.69) is 17.1 Å². The van der Waals surface area contributed by atoms with Crippen LogP contribution in [-0.2, 0) is 5.75 Å². The Labute approximate surface area is 172 Å². The number of para-hydroxylation sites is 1. The van der Waals surface area contributed by atoms with E-state index in [1.54, 1.807) is 4.57 Å². The van der Waals surface area contributed by atoms with Gasteiger partial charge >= 0.3 is 0 Å². The van der Waals surface area contributed by atoms with Crippen molar-refractivity contribution in [1.82, 2.24) is 19.7 Å². The average Bonchev–Trinajstić information content (AvgIpc) is 3.47. The van der Waals surface area contributed by atoms with Crippen LogP contribution in [0, 0.1) is 13.8 Å². The topological polar surface area (TPSA) is 73.8 Å². The molecular formula is C22H20N4O2S. The summed E-state index contributed by atoms with van der Waals surface area (Å²) in [5.41, 5.74) is 3.74. The fourth-order valence-corrected chi connectivity index (χ4v) is 4.11. The number of thioether (sulfide) groups is 1. The Bertz CT molecular complexity index is 1270. The van der Waals surface area contributed by atoms with Crippen LogP contribution in [0.1, 0.15) is 41.6 Å². The fraction of sp³-hybridized carbons (Fsp3) is 0.273. The van der Waals surface area contributed by atoms with E-state index < -0.39 is 0 Å². The molecule has 5 rings (SSSR count). The van der Waals surface area contributed by atoms with E-state index in [1.807, 2.05) is 49.4 Å². The molecule has 0 saturated heterocycles. The Hall–Kier alpha value is -2.93. The molecule has 0 unspecified atom stereocenters. The molecule has 1 aliphatic rings. The molecule has 2 aromatic carbocycles. The molecule has 1 saturated carbocycles. The van der Waals surface area contributed by atoms with Gasteiger partial charge in [0, 0.05) is 5.92 Å². The van der Waals surface area contributed by atoms with Crippen molar-refractivity contribution in [2.75, 3.05) is 0 Å². The number of benzene rings is 2. The standard InChI is InChI=1S/C22H20N4O2S/c1-13-7-10-16(11-14(13)2)26-21(27)17-5-3-4-6-18(17)23-22(26)29-12-19-24-20(28-25-19)15-8-9-15/h3-7,10-11,15H,8-9,12H2,1-2H3. The van der Waals surface area contributed by atoms with Gasteiger partial charge in [-0.05, 0) is 62.1 Å². The molecule has 0 N–H and O–H groups in total. The first-order valence-electron chi connectivity index (χ1n) is 9.65. The Kier molecular flexibility index (Phi) is 4.47. The molecule has 4 aromatic rings. The lowest BCUT2D eigenvalue weighted by Gasteiger charge is -2.14. The van der Waals surface area contributed by atoms with Gasteiger partial charge in [-0.1, -0.05) is 35.1 Å². The van der Waals surface area contributed by atoms with Crippen molar-refractivity contribution >= 4 is 22.7 Å². The number of aryl methyl sites for hydroxylation is 2. The minimum absolute atomic E-state index is 0.0758. The second-order valence-corrected chi connectivity index (χ2v) is 8.37. The third-order valence-electron chi connectivity index (χ3n) is 5.23. The maximum Gasteiger partial charge on any atom is 0.266 e. The van der Waals surface area contributed by atoms with Gasteiger partial charge in [0.25, 0.3) is 5.56 Å². The van der Waals surface area contributed by atoms with Crippen molar-refractivity contribution < 1.29 is 4.52 Å². The molecule has 0 radical (unpaired) electrons. The van der Waals surface area contributed by atoms with Gasteiger partial charge in [-0.15, -0.1) is 0 Å². The summed E-state index contributed by atoms with van der Waals surface area (Å²) < 4.78 is 7.03. The second-order valence-electron chi connectivity index (χ2n) is 7.43. The van der Waals surface area contributed by atoms with Gasteiger partial charge < -0.3 is 4.52 Å². The van der Waals surface area contributed by atoms with Crippen LogP contribution in [0.15, 0.2) is 56.9 Å². The maximum atomic E-state index is 13.3. The first kappa shape index (κ1) is 18.1. The van der Waals surface area contributed by atoms with Crippen molar-refractivity contribution in [3.63, 3.8) is 0 Å². The van der Waals surface area contributed by atoms with Gasteiger partial charge in [-0.2, -0.15) is 4.98 Å². The lowest BCUT2D eigenvalue weighted by molar-refractivity contribution is 0.375. The van der Waals surface area contributed by atoms with Gasteiger partial charge in [-0.25, -0.2) is 4.98 Å². The molecule has 6 nitrogen and oxygen atoms in total. The highest BCUT2D eigenvalue weighted by Gasteiger charge is 2.29. The monoisotopic (exact) mass is 404 g/mol. The lowest BCUT2D eigenvalue weighted by Crippen LogP contribution is -2.22. The fourth-order valence-electron chi connectivity index (χ4n) is 3.25. The van der Waals surface area contributed by atoms with Gasteiger partial charge in [0.2, 0.25) is 5.89 Å². The lowest BCUT2D eigenvalue weighted by atomic mass is 10.1. The number of hydrogen-bond acceptors (Lipinski definition) is 6. The highest BCUT2D eigenvalue weighted by atomic mass is 32.2. The molecule has 0 spiro atoms. The molecule has 29 heavy (non-hydrogen) atoms. The summed E-state index contributed by atoms with van der Waals surface area (Å²) in [6.07, 6.45) is 2.24. The molecule has 146 valence electrons. The van der Waals surface area contributed by atoms with Crippen LogP contribution in [-0.4, -0.2) is 19.7 Å². The third kappa shape index (κ3) is 3.46. The largest absolute Gasteiger partial charge is 0.339 e. The summed E-state index contributed by atoms with van der Waals surface area (Å²) in [7, 11) is 0. The van der Waals surface area contributed by atoms with Crippen LogP contribution < -0.4 is 5.56 Å². The normalized spacial score (nSPS) is 13.9. The van der Waals surface area contributed by atoms with Crippen molar-refractivity contribution in [1.29, 1.82) is 0 Å². The summed E-state index contributed by atoms with van der Waals surface area (Å²) in [4.78, 5) is 22.6. The summed E-state index contributed by atoms with van der Waals surface area (Å²) >= 11 is 1.45. The van der Waals surface area contributed by atoms with E-state index >= 15 is 0 Å². The van der Waals surface area contributed by atoms with Gasteiger partial charge in [0.1, 0.15) is 0 Å². The third-order valence-corrected chi connectivity index (χ3v) is 6.17. The first-order chi connectivity index (χ1) is 14.1. The Balaban J connectivity index is 1.58. The molecule has 2 heterocycles. The minimum Gasteiger partial charge on any atom is -0.339 e. The van der Waals surface area contributed by atoms with Gasteiger partial charge in [0.15, 0.2) is 11.0 Å². The van der Waals surface area contributed by atoms with E-state index in [4.69, 9.17) is 9.51 Å². The number of nitrogens with zero attached hydrogens (tertiary/aromatic N) is 4. The molecule has 1 fully saturated rings. The van der Waals surface area contributed by atoms with E-state index in [0.29, 0.717) is 33.6 Å². The Morgan fingerprint density at radius 2 is 1.93 bits per heavy atom. The molecule has 7 heteroatoms. The van der Waals surface area contributed by atoms with E-state index in [0.717, 1.165) is 30.0 Å². The van der Waals surface area contributed by atoms with Gasteiger partial charge in [0.05, 0.1) is 22.3 Å². The molecule has 0 bridgehead atoms. The Morgan fingerprint density at radius 1 is 1.10 bits per heavy atom. The molecule has 0 aliphatic heterocycles. The summed E-state index contributed by atoms with van der Waals surface area (Å²) in [5.74, 6) is 2.27. The predicted molar refractivity (Wildman–Crippen MR) is 113 cm³/mol. The van der Waals surface area contributed by atoms with Crippen LogP contribution in [0.3, 0.4) is 0 Å². The maximum absolute atomic E-state index is 13.3. The van der Waals surface area contributed by atoms with Crippen LogP contribution in [0.25, 0.3) is 16.6 Å². The van der Waals surface area contributed by atoms with Crippen LogP contribution in [0.5, 0.6) is 0 Å². The molecular weight excluding hydrogens is 384 g/mol. The number of rotatable bonds is 5. The zero-order valence-electron chi connectivity index (χ0n) is 16.3. The van der Waals surface area contributed by atoms with Gasteiger partial charge in [-0.3, -0.25) is 9.36 Å². The first-order valence-corrected chi connectivity index (χ1v) is 10.6. The average molecular weight is 404 g/mol. The molecule has 1 aliphatic carbocycles. The smallest absolute Gasteiger partial charge is 0.266 e. The summed E-state index contributed by atoms with van der Waals surface area (Å²) in [6.45, 7) is 4.10. The predicted octanol–water partition coefficient (Wildman–Crippen LogP) is 4.56. The van der Waals surface area contributed by atoms with Crippen LogP contribution in [0.2, 0.25) is 0 Å². The Morgan fingerprint density at radius 3 is 2.72 bits per heavy atom. The minimum atomic E-state index is -0.0758. The molecule has 0 amide bonds. The number of aromatic nitrogens is 4. The van der Waals surface area contributed by atoms with E-state index in [1.165, 1.54) is 17.3 Å². The summed E-state index contributed by atoms with van der Waals surface area (Å²) in [6, 6.07) is 13.5. The zero-order valence-corrected chi connectivity index (χ0v) is 17.1. The quantitative estimate of drug-likeness (QED) is 0.359. The van der Waals surface area contributed by atoms with Crippen molar-refractivity contribution in [3.8, 4) is 5.69 Å². The van der Waals surface area contributed by atoms with Crippen molar-refractivity contribution in [2.24, 2.45) is 0 Å². The zero-order chi connectivity index (χ0) is 20.0. The number of fused-ring (bicyclic) bond motifs is 1. The number of hydrogen-bond donors (Lipinski definition) is 0. The molecule has 2 aromatic heterocycles. The molecule has 0 atom stereocenters. The second kappa shape index (κ2) is 7.15. The summed E-state index contributed by atoms with van der Waals surface area (Å²) in [5, 5.41) is 5.31. The highest BCUT2D eigenvalue weighted by Crippen LogP contribution is 2.39. The van der Waals surface area contributed by atoms with Crippen LogP contribution >= 0.6 is 11.8 Å². The van der Waals surface area contributed by atoms with Crippen molar-refractivity contribution in [2.45, 2.75) is 43.5 Å². The van der Waals surface area contributed by atoms with Crippen LogP contribution in [0.4, 0.5) is 0 Å². The highest BCUT2D eigenvalue weighted by molar-refractivity contribution is 7.98. The SMILES string of the molecule is Cc1ccc(-n2c(SCc3noc(C4CC4)n3)nc3ccccc3c2=O)cc1C. The van der Waals surface area contributed by atoms with E-state index in [9.17, 15) is 4.79 Å².